The van der Waals surface area contributed by atoms with Gasteiger partial charge in [0.2, 0.25) is 5.91 Å². The molecule has 1 fully saturated rings. The van der Waals surface area contributed by atoms with Crippen LogP contribution in [0.1, 0.15) is 19.8 Å². The highest BCUT2D eigenvalue weighted by atomic mass is 16.2. The van der Waals surface area contributed by atoms with Gasteiger partial charge in [-0.25, -0.2) is 4.68 Å². The number of likely N-dealkylation sites (tertiary alicyclic amines) is 1. The average molecular weight is 338 g/mol. The molecule has 2 aromatic heterocycles. The highest BCUT2D eigenvalue weighted by Crippen LogP contribution is 2.26. The van der Waals surface area contributed by atoms with Crippen molar-refractivity contribution in [3.8, 4) is 0 Å². The molecule has 6 nitrogen and oxygen atoms in total. The van der Waals surface area contributed by atoms with Gasteiger partial charge in [0.05, 0.1) is 6.20 Å². The number of nitrogens with zero attached hydrogens (tertiary/aromatic N) is 4. The minimum atomic E-state index is -0.173. The van der Waals surface area contributed by atoms with E-state index in [1.807, 2.05) is 33.7 Å². The number of hydrogen-bond acceptors (Lipinski definition) is 3. The Kier molecular flexibility index (Phi) is 3.82. The molecule has 25 heavy (non-hydrogen) atoms. The Morgan fingerprint density at radius 1 is 1.28 bits per heavy atom. The molecule has 0 aliphatic carbocycles. The van der Waals surface area contributed by atoms with Gasteiger partial charge in [0.15, 0.2) is 0 Å². The van der Waals surface area contributed by atoms with Crippen LogP contribution < -0.4 is 5.56 Å². The van der Waals surface area contributed by atoms with E-state index in [1.54, 1.807) is 13.2 Å². The number of fused-ring (bicyclic) bond motifs is 3. The van der Waals surface area contributed by atoms with Gasteiger partial charge in [-0.1, -0.05) is 25.1 Å². The number of benzene rings is 1. The van der Waals surface area contributed by atoms with Crippen LogP contribution in [0.15, 0.2) is 35.3 Å². The lowest BCUT2D eigenvalue weighted by molar-refractivity contribution is -0.133. The largest absolute Gasteiger partial charge is 0.341 e. The molecule has 3 heterocycles. The van der Waals surface area contributed by atoms with Gasteiger partial charge < -0.3 is 9.47 Å². The summed E-state index contributed by atoms with van der Waals surface area (Å²) in [6, 6.07) is 7.81. The van der Waals surface area contributed by atoms with E-state index >= 15 is 0 Å². The van der Waals surface area contributed by atoms with Gasteiger partial charge in [0.1, 0.15) is 12.1 Å². The maximum Gasteiger partial charge on any atom is 0.291 e. The molecule has 0 saturated carbocycles. The first-order valence-electron chi connectivity index (χ1n) is 8.77. The lowest BCUT2D eigenvalue weighted by atomic mass is 10.0. The molecule has 1 aliphatic heterocycles. The molecule has 1 unspecified atom stereocenters. The van der Waals surface area contributed by atoms with Crippen molar-refractivity contribution in [3.05, 3.63) is 40.8 Å². The Labute approximate surface area is 145 Å². The highest BCUT2D eigenvalue weighted by Gasteiger charge is 2.23. The van der Waals surface area contributed by atoms with Crippen molar-refractivity contribution in [2.45, 2.75) is 26.3 Å². The van der Waals surface area contributed by atoms with Gasteiger partial charge in [-0.2, -0.15) is 5.10 Å². The highest BCUT2D eigenvalue weighted by molar-refractivity contribution is 6.07. The fourth-order valence-corrected chi connectivity index (χ4v) is 3.86. The van der Waals surface area contributed by atoms with Crippen LogP contribution in [0, 0.1) is 5.92 Å². The first-order valence-corrected chi connectivity index (χ1v) is 8.77. The van der Waals surface area contributed by atoms with E-state index in [0.717, 1.165) is 35.8 Å². The van der Waals surface area contributed by atoms with E-state index in [9.17, 15) is 9.59 Å². The zero-order valence-corrected chi connectivity index (χ0v) is 14.6. The van der Waals surface area contributed by atoms with Gasteiger partial charge in [-0.05, 0) is 24.8 Å². The van der Waals surface area contributed by atoms with Crippen LogP contribution in [0.25, 0.3) is 21.8 Å². The molecule has 1 atom stereocenters. The van der Waals surface area contributed by atoms with Crippen molar-refractivity contribution in [1.29, 1.82) is 0 Å². The molecule has 1 aliphatic rings. The second kappa shape index (κ2) is 6.02. The van der Waals surface area contributed by atoms with Gasteiger partial charge in [0, 0.05) is 36.4 Å². The zero-order valence-electron chi connectivity index (χ0n) is 14.6. The second-order valence-corrected chi connectivity index (χ2v) is 7.03. The fourth-order valence-electron chi connectivity index (χ4n) is 3.86. The summed E-state index contributed by atoms with van der Waals surface area (Å²) in [6.45, 7) is 3.98. The predicted octanol–water partition coefficient (Wildman–Crippen LogP) is 2.15. The van der Waals surface area contributed by atoms with Crippen molar-refractivity contribution in [1.82, 2.24) is 19.2 Å². The number of hydrogen-bond donors (Lipinski definition) is 0. The minimum Gasteiger partial charge on any atom is -0.341 e. The Balaban J connectivity index is 1.83. The Hall–Kier alpha value is -2.63. The third kappa shape index (κ3) is 2.62. The van der Waals surface area contributed by atoms with E-state index < -0.39 is 0 Å². The molecular weight excluding hydrogens is 316 g/mol. The van der Waals surface area contributed by atoms with Crippen molar-refractivity contribution < 1.29 is 4.79 Å². The predicted molar refractivity (Wildman–Crippen MR) is 97.5 cm³/mol. The molecule has 4 rings (SSSR count). The summed E-state index contributed by atoms with van der Waals surface area (Å²) in [6.07, 6.45) is 3.93. The number of carbonyl (C=O) groups excluding carboxylic acids is 1. The number of amides is 1. The number of para-hydroxylation sites is 1. The molecule has 1 aromatic carbocycles. The van der Waals surface area contributed by atoms with Crippen molar-refractivity contribution >= 4 is 27.7 Å². The van der Waals surface area contributed by atoms with E-state index in [4.69, 9.17) is 0 Å². The minimum absolute atomic E-state index is 0.0769. The maximum atomic E-state index is 12.9. The molecule has 130 valence electrons. The van der Waals surface area contributed by atoms with Crippen LogP contribution in [0.4, 0.5) is 0 Å². The quantitative estimate of drug-likeness (QED) is 0.719. The van der Waals surface area contributed by atoms with E-state index in [-0.39, 0.29) is 18.0 Å². The third-order valence-corrected chi connectivity index (χ3v) is 5.17. The van der Waals surface area contributed by atoms with Crippen LogP contribution in [0.2, 0.25) is 0 Å². The Morgan fingerprint density at radius 3 is 2.88 bits per heavy atom. The first kappa shape index (κ1) is 15.9. The number of carbonyl (C=O) groups is 1. The molecule has 1 amide bonds. The van der Waals surface area contributed by atoms with E-state index in [1.165, 1.54) is 11.1 Å². The number of aryl methyl sites for hydroxylation is 1. The van der Waals surface area contributed by atoms with Gasteiger partial charge >= 0.3 is 0 Å². The lowest BCUT2D eigenvalue weighted by Gasteiger charge is -2.31. The molecule has 0 N–H and O–H groups in total. The van der Waals surface area contributed by atoms with E-state index in [2.05, 4.69) is 12.0 Å². The van der Waals surface area contributed by atoms with Gasteiger partial charge in [0.25, 0.3) is 5.56 Å². The topological polar surface area (TPSA) is 60.1 Å². The molecule has 3 aromatic rings. The summed E-state index contributed by atoms with van der Waals surface area (Å²) in [5.41, 5.74) is 1.28. The van der Waals surface area contributed by atoms with Crippen LogP contribution in [0.3, 0.4) is 0 Å². The maximum absolute atomic E-state index is 12.9. The summed E-state index contributed by atoms with van der Waals surface area (Å²) in [5.74, 6) is 0.612. The number of rotatable bonds is 2. The molecule has 0 bridgehead atoms. The van der Waals surface area contributed by atoms with Crippen LogP contribution in [-0.4, -0.2) is 38.2 Å². The van der Waals surface area contributed by atoms with Crippen molar-refractivity contribution in [2.24, 2.45) is 13.0 Å². The summed E-state index contributed by atoms with van der Waals surface area (Å²) in [4.78, 5) is 27.5. The monoisotopic (exact) mass is 338 g/mol. The van der Waals surface area contributed by atoms with Crippen molar-refractivity contribution in [2.75, 3.05) is 13.1 Å². The SMILES string of the molecule is CC1CCCN(C(=O)Cn2c3ccccc3c3cnn(C)c(=O)c32)C1. The summed E-state index contributed by atoms with van der Waals surface area (Å²) < 4.78 is 3.18. The van der Waals surface area contributed by atoms with E-state index in [0.29, 0.717) is 11.4 Å². The molecular formula is C19H22N4O2. The molecule has 6 heteroatoms. The Bertz CT molecular complexity index is 1020. The molecule has 0 spiro atoms. The van der Waals surface area contributed by atoms with Gasteiger partial charge in [-0.3, -0.25) is 9.59 Å². The summed E-state index contributed by atoms with van der Waals surface area (Å²) in [7, 11) is 1.64. The van der Waals surface area contributed by atoms with Crippen LogP contribution in [-0.2, 0) is 18.4 Å². The normalized spacial score (nSPS) is 18.2. The molecule has 0 radical (unpaired) electrons. The number of aromatic nitrogens is 3. The Morgan fingerprint density at radius 2 is 2.08 bits per heavy atom. The summed E-state index contributed by atoms with van der Waals surface area (Å²) in [5, 5.41) is 5.91. The lowest BCUT2D eigenvalue weighted by Crippen LogP contribution is -2.41. The summed E-state index contributed by atoms with van der Waals surface area (Å²) >= 11 is 0. The van der Waals surface area contributed by atoms with Crippen LogP contribution in [0.5, 0.6) is 0 Å². The van der Waals surface area contributed by atoms with Crippen LogP contribution >= 0.6 is 0 Å². The second-order valence-electron chi connectivity index (χ2n) is 7.03. The van der Waals surface area contributed by atoms with Crippen molar-refractivity contribution in [3.63, 3.8) is 0 Å². The average Bonchev–Trinajstić information content (AvgIpc) is 2.93. The first-order chi connectivity index (χ1) is 12.1. The standard InChI is InChI=1S/C19H22N4O2/c1-13-6-5-9-22(11-13)17(24)12-23-16-8-4-3-7-14(16)15-10-20-21(2)19(25)18(15)23/h3-4,7-8,10,13H,5-6,9,11-12H2,1-2H3. The fraction of sp³-hybridized carbons (Fsp3) is 0.421. The number of piperidine rings is 1. The smallest absolute Gasteiger partial charge is 0.291 e. The van der Waals surface area contributed by atoms with Gasteiger partial charge in [-0.15, -0.1) is 0 Å². The molecule has 1 saturated heterocycles. The third-order valence-electron chi connectivity index (χ3n) is 5.17. The zero-order chi connectivity index (χ0) is 17.6.